The summed E-state index contributed by atoms with van der Waals surface area (Å²) in [6, 6.07) is 2.58. The van der Waals surface area contributed by atoms with Gasteiger partial charge in [0.15, 0.2) is 0 Å². The van der Waals surface area contributed by atoms with Crippen LogP contribution >= 0.6 is 0 Å². The van der Waals surface area contributed by atoms with E-state index >= 15 is 0 Å². The number of piperidine rings is 1. The van der Waals surface area contributed by atoms with Crippen LogP contribution in [0.1, 0.15) is 36.4 Å². The average molecular weight is 305 g/mol. The molecule has 1 aromatic carbocycles. The number of nitrogens with one attached hydrogen (secondary N) is 1. The maximum atomic E-state index is 13.3. The number of nitrogens with zero attached hydrogens (tertiary/aromatic N) is 1. The van der Waals surface area contributed by atoms with Gasteiger partial charge < -0.3 is 5.73 Å². The Balaban J connectivity index is 2.17. The molecule has 7 heteroatoms. The van der Waals surface area contributed by atoms with E-state index in [1.54, 1.807) is 0 Å². The Morgan fingerprint density at radius 1 is 1.19 bits per heavy atom. The van der Waals surface area contributed by atoms with E-state index in [9.17, 15) is 17.6 Å². The molecule has 3 N–H and O–H groups in total. The molecule has 0 aliphatic carbocycles. The van der Waals surface area contributed by atoms with Crippen molar-refractivity contribution in [3.05, 3.63) is 35.1 Å². The minimum atomic E-state index is -4.70. The molecule has 2 rings (SSSR count). The van der Waals surface area contributed by atoms with Crippen LogP contribution < -0.4 is 11.2 Å². The van der Waals surface area contributed by atoms with Crippen LogP contribution in [-0.4, -0.2) is 24.6 Å². The van der Waals surface area contributed by atoms with Crippen LogP contribution in [0.2, 0.25) is 0 Å². The fourth-order valence-corrected chi connectivity index (χ4v) is 2.48. The number of benzene rings is 1. The first-order valence-electron chi connectivity index (χ1n) is 6.99. The molecule has 1 unspecified atom stereocenters. The summed E-state index contributed by atoms with van der Waals surface area (Å²) >= 11 is 0. The van der Waals surface area contributed by atoms with Gasteiger partial charge in [-0.2, -0.15) is 13.2 Å². The first-order chi connectivity index (χ1) is 9.91. The quantitative estimate of drug-likeness (QED) is 0.841. The lowest BCUT2D eigenvalue weighted by Gasteiger charge is -2.31. The summed E-state index contributed by atoms with van der Waals surface area (Å²) in [5.74, 6) is -1.26. The van der Waals surface area contributed by atoms with Gasteiger partial charge in [0.25, 0.3) is 0 Å². The Morgan fingerprint density at radius 3 is 2.43 bits per heavy atom. The maximum Gasteiger partial charge on any atom is 0.419 e. The van der Waals surface area contributed by atoms with Crippen molar-refractivity contribution in [1.29, 1.82) is 0 Å². The highest BCUT2D eigenvalue weighted by Crippen LogP contribution is 2.33. The van der Waals surface area contributed by atoms with Gasteiger partial charge in [0.05, 0.1) is 11.6 Å². The predicted octanol–water partition coefficient (Wildman–Crippen LogP) is 2.83. The second kappa shape index (κ2) is 6.72. The van der Waals surface area contributed by atoms with Gasteiger partial charge in [0, 0.05) is 19.6 Å². The van der Waals surface area contributed by atoms with Gasteiger partial charge >= 0.3 is 6.18 Å². The summed E-state index contributed by atoms with van der Waals surface area (Å²) in [5, 5.41) is 1.97. The number of hydrogen-bond acceptors (Lipinski definition) is 3. The van der Waals surface area contributed by atoms with Crippen LogP contribution in [0.4, 0.5) is 17.6 Å². The number of hydrogen-bond donors (Lipinski definition) is 2. The van der Waals surface area contributed by atoms with Gasteiger partial charge in [0.2, 0.25) is 0 Å². The third-order valence-electron chi connectivity index (χ3n) is 3.63. The summed E-state index contributed by atoms with van der Waals surface area (Å²) in [4.78, 5) is 0. The van der Waals surface area contributed by atoms with E-state index in [1.165, 1.54) is 6.07 Å². The zero-order valence-corrected chi connectivity index (χ0v) is 11.6. The molecular weight excluding hydrogens is 286 g/mol. The van der Waals surface area contributed by atoms with Crippen molar-refractivity contribution in [2.24, 2.45) is 5.73 Å². The topological polar surface area (TPSA) is 41.3 Å². The lowest BCUT2D eigenvalue weighted by Crippen LogP contribution is -2.45. The summed E-state index contributed by atoms with van der Waals surface area (Å²) in [6.45, 7) is 1.81. The highest BCUT2D eigenvalue weighted by Gasteiger charge is 2.34. The molecule has 1 saturated heterocycles. The fraction of sp³-hybridized carbons (Fsp3) is 0.571. The standard InChI is InChI=1S/C14H19F4N3/c15-12-5-4-10(8-11(12)14(16,17)18)13(9-19)20-21-6-2-1-3-7-21/h4-5,8,13,20H,1-3,6-7,9,19H2. The van der Waals surface area contributed by atoms with E-state index in [0.29, 0.717) is 5.56 Å². The van der Waals surface area contributed by atoms with Crippen molar-refractivity contribution in [3.63, 3.8) is 0 Å². The van der Waals surface area contributed by atoms with Crippen LogP contribution in [-0.2, 0) is 6.18 Å². The number of nitrogens with two attached hydrogens (primary N) is 1. The monoisotopic (exact) mass is 305 g/mol. The molecule has 1 aliphatic rings. The first-order valence-corrected chi connectivity index (χ1v) is 6.99. The maximum absolute atomic E-state index is 13.3. The average Bonchev–Trinajstić information content (AvgIpc) is 2.45. The zero-order chi connectivity index (χ0) is 15.5. The molecule has 0 saturated carbocycles. The van der Waals surface area contributed by atoms with E-state index in [1.807, 2.05) is 5.01 Å². The largest absolute Gasteiger partial charge is 0.419 e. The van der Waals surface area contributed by atoms with Crippen LogP contribution in [0.15, 0.2) is 18.2 Å². The molecule has 3 nitrogen and oxygen atoms in total. The number of alkyl halides is 3. The van der Waals surface area contributed by atoms with Crippen molar-refractivity contribution in [2.75, 3.05) is 19.6 Å². The van der Waals surface area contributed by atoms with Crippen molar-refractivity contribution in [1.82, 2.24) is 10.4 Å². The van der Waals surface area contributed by atoms with Crippen LogP contribution in [0.25, 0.3) is 0 Å². The molecular formula is C14H19F4N3. The second-order valence-electron chi connectivity index (χ2n) is 5.20. The number of rotatable bonds is 4. The third kappa shape index (κ3) is 4.15. The van der Waals surface area contributed by atoms with E-state index in [0.717, 1.165) is 44.5 Å². The van der Waals surface area contributed by atoms with Gasteiger partial charge in [-0.1, -0.05) is 12.5 Å². The van der Waals surface area contributed by atoms with Crippen molar-refractivity contribution < 1.29 is 17.6 Å². The Morgan fingerprint density at radius 2 is 1.86 bits per heavy atom. The summed E-state index contributed by atoms with van der Waals surface area (Å²) in [5.41, 5.74) is 7.89. The normalized spacial score (nSPS) is 18.7. The smallest absolute Gasteiger partial charge is 0.329 e. The van der Waals surface area contributed by atoms with Gasteiger partial charge in [-0.3, -0.25) is 0 Å². The summed E-state index contributed by atoms with van der Waals surface area (Å²) in [7, 11) is 0. The molecule has 0 amide bonds. The predicted molar refractivity (Wildman–Crippen MR) is 71.8 cm³/mol. The summed E-state index contributed by atoms with van der Waals surface area (Å²) in [6.07, 6.45) is -1.46. The van der Waals surface area contributed by atoms with Crippen molar-refractivity contribution >= 4 is 0 Å². The Labute approximate surface area is 121 Å². The van der Waals surface area contributed by atoms with E-state index in [-0.39, 0.29) is 6.54 Å². The molecule has 118 valence electrons. The summed E-state index contributed by atoms with van der Waals surface area (Å²) < 4.78 is 51.6. The Kier molecular flexibility index (Phi) is 5.18. The molecule has 1 aromatic rings. The molecule has 1 fully saturated rings. The Bertz CT molecular complexity index is 470. The first kappa shape index (κ1) is 16.2. The SMILES string of the molecule is NCC(NN1CCCCC1)c1ccc(F)c(C(F)(F)F)c1. The second-order valence-corrected chi connectivity index (χ2v) is 5.20. The lowest BCUT2D eigenvalue weighted by molar-refractivity contribution is -0.140. The van der Waals surface area contributed by atoms with Crippen molar-refractivity contribution in [3.8, 4) is 0 Å². The highest BCUT2D eigenvalue weighted by atomic mass is 19.4. The number of hydrazine groups is 1. The van der Waals surface area contributed by atoms with Crippen LogP contribution in [0.5, 0.6) is 0 Å². The van der Waals surface area contributed by atoms with Crippen molar-refractivity contribution in [2.45, 2.75) is 31.5 Å². The van der Waals surface area contributed by atoms with E-state index in [4.69, 9.17) is 5.73 Å². The number of halogens is 4. The lowest BCUT2D eigenvalue weighted by atomic mass is 10.0. The van der Waals surface area contributed by atoms with E-state index < -0.39 is 23.6 Å². The molecule has 0 spiro atoms. The third-order valence-corrected chi connectivity index (χ3v) is 3.63. The molecule has 21 heavy (non-hydrogen) atoms. The van der Waals surface area contributed by atoms with Gasteiger partial charge in [-0.15, -0.1) is 0 Å². The molecule has 1 atom stereocenters. The minimum absolute atomic E-state index is 0.138. The zero-order valence-electron chi connectivity index (χ0n) is 11.6. The van der Waals surface area contributed by atoms with Crippen LogP contribution in [0.3, 0.4) is 0 Å². The Hall–Kier alpha value is -1.18. The van der Waals surface area contributed by atoms with Gasteiger partial charge in [-0.25, -0.2) is 14.8 Å². The molecule has 0 aromatic heterocycles. The molecule has 0 radical (unpaired) electrons. The molecule has 1 heterocycles. The highest BCUT2D eigenvalue weighted by molar-refractivity contribution is 5.29. The van der Waals surface area contributed by atoms with Gasteiger partial charge in [0.1, 0.15) is 5.82 Å². The fourth-order valence-electron chi connectivity index (χ4n) is 2.48. The minimum Gasteiger partial charge on any atom is -0.329 e. The van der Waals surface area contributed by atoms with E-state index in [2.05, 4.69) is 5.43 Å². The van der Waals surface area contributed by atoms with Crippen LogP contribution in [0, 0.1) is 5.82 Å². The molecule has 1 aliphatic heterocycles. The van der Waals surface area contributed by atoms with Gasteiger partial charge in [-0.05, 0) is 30.5 Å². The molecule has 0 bridgehead atoms.